The van der Waals surface area contributed by atoms with Crippen molar-refractivity contribution < 1.29 is 32.6 Å². The van der Waals surface area contributed by atoms with Gasteiger partial charge in [0.2, 0.25) is 11.8 Å². The topological polar surface area (TPSA) is 157 Å². The summed E-state index contributed by atoms with van der Waals surface area (Å²) >= 11 is 0. The van der Waals surface area contributed by atoms with Crippen molar-refractivity contribution in [1.82, 2.24) is 33.9 Å². The maximum absolute atomic E-state index is 14.3. The molecule has 334 valence electrons. The van der Waals surface area contributed by atoms with E-state index in [1.54, 1.807) is 31.4 Å². The summed E-state index contributed by atoms with van der Waals surface area (Å²) in [5.74, 6) is 6.47. The van der Waals surface area contributed by atoms with E-state index in [0.717, 1.165) is 82.5 Å². The van der Waals surface area contributed by atoms with Crippen molar-refractivity contribution in [3.8, 4) is 11.8 Å². The lowest BCUT2D eigenvalue weighted by molar-refractivity contribution is -0.135. The van der Waals surface area contributed by atoms with Gasteiger partial charge in [-0.3, -0.25) is 28.8 Å². The molecule has 4 saturated heterocycles. The minimum absolute atomic E-state index is 0.100. The minimum atomic E-state index is -2.75. The zero-order valence-corrected chi connectivity index (χ0v) is 35.7. The molecule has 4 aliphatic heterocycles. The molecule has 5 aromatic rings. The van der Waals surface area contributed by atoms with Gasteiger partial charge in [0.05, 0.1) is 53.3 Å². The molecule has 3 amide bonds. The zero-order valence-electron chi connectivity index (χ0n) is 35.7. The number of rotatable bonds is 10. The Kier molecular flexibility index (Phi) is 11.5. The second kappa shape index (κ2) is 17.5. The third-order valence-electron chi connectivity index (χ3n) is 14.0. The SMILES string of the molecule is Cn1c(=O)n(C2CCC(=O)NC2=O)c2cccc(C#CCOC3CCN(C[C@H]4CC[C@H](c5ccc(C(F)F)c(NC(=O)c6cnn7ccc(N8C[C@H]9C[C@@H]8CO9)nc67)c5)CC4)CC3)c21. The average Bonchev–Trinajstić information content (AvgIpc) is 4.10. The smallest absolute Gasteiger partial charge is 0.329 e. The molecule has 7 heterocycles. The van der Waals surface area contributed by atoms with E-state index in [1.165, 1.54) is 25.9 Å². The number of piperidine rings is 2. The van der Waals surface area contributed by atoms with Gasteiger partial charge in [-0.2, -0.15) is 5.10 Å². The van der Waals surface area contributed by atoms with Crippen molar-refractivity contribution in [3.63, 3.8) is 0 Å². The van der Waals surface area contributed by atoms with Crippen LogP contribution < -0.4 is 21.2 Å². The van der Waals surface area contributed by atoms with E-state index in [9.17, 15) is 28.0 Å². The second-order valence-corrected chi connectivity index (χ2v) is 17.9. The number of hydrogen-bond donors (Lipinski definition) is 2. The number of imidazole rings is 1. The van der Waals surface area contributed by atoms with Crippen LogP contribution in [0.1, 0.15) is 103 Å². The minimum Gasteiger partial charge on any atom is -0.374 e. The maximum atomic E-state index is 14.3. The Labute approximate surface area is 368 Å². The van der Waals surface area contributed by atoms with Gasteiger partial charge in [0.15, 0.2) is 5.65 Å². The van der Waals surface area contributed by atoms with Crippen LogP contribution in [0.15, 0.2) is 59.7 Å². The molecule has 64 heavy (non-hydrogen) atoms. The van der Waals surface area contributed by atoms with Gasteiger partial charge in [0.1, 0.15) is 24.0 Å². The molecule has 3 atom stereocenters. The first-order valence-electron chi connectivity index (χ1n) is 22.4. The summed E-state index contributed by atoms with van der Waals surface area (Å²) in [6.45, 7) is 4.52. The highest BCUT2D eigenvalue weighted by atomic mass is 19.3. The fourth-order valence-electron chi connectivity index (χ4n) is 10.5. The highest BCUT2D eigenvalue weighted by molar-refractivity contribution is 6.08. The Balaban J connectivity index is 0.708. The standard InChI is InChI=1S/C47H51F2N9O6/c1-54-42-30(4-2-6-38(42)58(47(54)62)39-13-14-41(59)53-46(39)61)5-3-21-63-33-15-18-55(19-16-33)25-28-7-9-29(10-8-28)31-11-12-35(43(48)49)37(22-31)51-45(60)36-24-50-57-20-17-40(52-44(36)57)56-26-34-23-32(56)27-64-34/h2,4,6,11-12,17,20,22,24,28-29,32-34,39,43H,7-10,13-16,18-19,21,23,25-27H2,1H3,(H,51,60)(H,53,59,61)/t28-,29-,32-,34-,39?/m1/s1. The van der Waals surface area contributed by atoms with Crippen LogP contribution in [0.3, 0.4) is 0 Å². The number of fused-ring (bicyclic) bond motifs is 4. The Morgan fingerprint density at radius 2 is 1.88 bits per heavy atom. The summed E-state index contributed by atoms with van der Waals surface area (Å²) in [6.07, 6.45) is 7.89. The number of amides is 3. The third-order valence-corrected chi connectivity index (χ3v) is 14.0. The van der Waals surface area contributed by atoms with Crippen LogP contribution in [0.5, 0.6) is 0 Å². The number of morpholine rings is 1. The van der Waals surface area contributed by atoms with Crippen LogP contribution in [0.25, 0.3) is 16.7 Å². The second-order valence-electron chi connectivity index (χ2n) is 17.9. The number of anilines is 2. The number of benzene rings is 2. The summed E-state index contributed by atoms with van der Waals surface area (Å²) < 4.78 is 45.0. The first kappa shape index (κ1) is 42.0. The number of aromatic nitrogens is 5. The van der Waals surface area contributed by atoms with E-state index in [4.69, 9.17) is 14.5 Å². The molecule has 17 heteroatoms. The number of alkyl halides is 2. The lowest BCUT2D eigenvalue weighted by Crippen LogP contribution is -2.44. The fourth-order valence-corrected chi connectivity index (χ4v) is 10.5. The molecule has 5 aliphatic rings. The van der Waals surface area contributed by atoms with Crippen LogP contribution >= 0.6 is 0 Å². The lowest BCUT2D eigenvalue weighted by atomic mass is 9.78. The van der Waals surface area contributed by atoms with Crippen molar-refractivity contribution >= 4 is 45.9 Å². The van der Waals surface area contributed by atoms with Gasteiger partial charge in [-0.05, 0) is 93.0 Å². The first-order valence-corrected chi connectivity index (χ1v) is 22.4. The molecular weight excluding hydrogens is 825 g/mol. The van der Waals surface area contributed by atoms with Gasteiger partial charge in [-0.1, -0.05) is 30.0 Å². The number of carbonyl (C=O) groups is 3. The van der Waals surface area contributed by atoms with Crippen molar-refractivity contribution in [2.24, 2.45) is 13.0 Å². The Bertz CT molecular complexity index is 2740. The number of hydrogen-bond acceptors (Lipinski definition) is 10. The molecule has 3 aromatic heterocycles. The van der Waals surface area contributed by atoms with Gasteiger partial charge in [-0.25, -0.2) is 23.1 Å². The van der Waals surface area contributed by atoms with Gasteiger partial charge >= 0.3 is 5.69 Å². The van der Waals surface area contributed by atoms with Gasteiger partial charge in [0.25, 0.3) is 12.3 Å². The normalized spacial score (nSPS) is 24.1. The quantitative estimate of drug-likeness (QED) is 0.139. The molecule has 0 spiro atoms. The van der Waals surface area contributed by atoms with Crippen LogP contribution in [0, 0.1) is 17.8 Å². The number of nitrogens with one attached hydrogen (secondary N) is 2. The van der Waals surface area contributed by atoms with Crippen molar-refractivity contribution in [3.05, 3.63) is 87.6 Å². The van der Waals surface area contributed by atoms with E-state index in [0.29, 0.717) is 34.8 Å². The Morgan fingerprint density at radius 3 is 2.62 bits per heavy atom. The maximum Gasteiger partial charge on any atom is 0.329 e. The van der Waals surface area contributed by atoms with Crippen LogP contribution in [0.2, 0.25) is 0 Å². The highest BCUT2D eigenvalue weighted by Gasteiger charge is 2.40. The Hall–Kier alpha value is -5.96. The van der Waals surface area contributed by atoms with Crippen LogP contribution in [-0.2, 0) is 26.1 Å². The molecule has 2 bridgehead atoms. The van der Waals surface area contributed by atoms with Crippen LogP contribution in [-0.4, -0.2) is 104 Å². The molecule has 2 N–H and O–H groups in total. The lowest BCUT2D eigenvalue weighted by Gasteiger charge is -2.36. The van der Waals surface area contributed by atoms with Gasteiger partial charge in [0, 0.05) is 51.4 Å². The third kappa shape index (κ3) is 8.18. The number of likely N-dealkylation sites (tertiary alicyclic amines) is 1. The molecule has 0 radical (unpaired) electrons. The number of halogens is 2. The molecule has 15 nitrogen and oxygen atoms in total. The Morgan fingerprint density at radius 1 is 1.05 bits per heavy atom. The van der Waals surface area contributed by atoms with Gasteiger partial charge < -0.3 is 24.6 Å². The van der Waals surface area contributed by atoms with E-state index >= 15 is 0 Å². The highest BCUT2D eigenvalue weighted by Crippen LogP contribution is 2.39. The molecule has 1 unspecified atom stereocenters. The summed E-state index contributed by atoms with van der Waals surface area (Å²) in [7, 11) is 1.66. The number of imide groups is 1. The summed E-state index contributed by atoms with van der Waals surface area (Å²) in [4.78, 5) is 60.7. The van der Waals surface area contributed by atoms with Gasteiger partial charge in [-0.15, -0.1) is 0 Å². The first-order chi connectivity index (χ1) is 31.1. The van der Waals surface area contributed by atoms with E-state index in [2.05, 4.69) is 37.4 Å². The fraction of sp³-hybridized carbons (Fsp3) is 0.489. The molecule has 2 aromatic carbocycles. The number of para-hydroxylation sites is 1. The number of nitrogens with zero attached hydrogens (tertiary/aromatic N) is 7. The van der Waals surface area contributed by atoms with Crippen LogP contribution in [0.4, 0.5) is 20.3 Å². The van der Waals surface area contributed by atoms with E-state index in [1.807, 2.05) is 18.2 Å². The summed E-state index contributed by atoms with van der Waals surface area (Å²) in [6, 6.07) is 11.8. The molecule has 5 fully saturated rings. The largest absolute Gasteiger partial charge is 0.374 e. The van der Waals surface area contributed by atoms with E-state index in [-0.39, 0.29) is 72.0 Å². The molecule has 1 aliphatic carbocycles. The van der Waals surface area contributed by atoms with E-state index < -0.39 is 24.3 Å². The molecule has 1 saturated carbocycles. The van der Waals surface area contributed by atoms with Crippen molar-refractivity contribution in [2.75, 3.05) is 49.6 Å². The predicted octanol–water partition coefficient (Wildman–Crippen LogP) is 5.33. The molecular formula is C47H51F2N9O6. The molecule has 10 rings (SSSR count). The van der Waals surface area contributed by atoms with Crippen molar-refractivity contribution in [2.45, 2.75) is 94.4 Å². The number of ether oxygens (including phenoxy) is 2. The number of carbonyl (C=O) groups excluding carboxylic acids is 3. The van der Waals surface area contributed by atoms with Crippen molar-refractivity contribution in [1.29, 1.82) is 0 Å². The summed E-state index contributed by atoms with van der Waals surface area (Å²) in [5.41, 5.74) is 3.02. The summed E-state index contributed by atoms with van der Waals surface area (Å²) in [5, 5.41) is 9.45. The number of aryl methyl sites for hydroxylation is 1. The average molecular weight is 876 g/mol. The predicted molar refractivity (Wildman–Crippen MR) is 233 cm³/mol. The zero-order chi connectivity index (χ0) is 44.1. The monoisotopic (exact) mass is 875 g/mol.